The van der Waals surface area contributed by atoms with Gasteiger partial charge in [-0.3, -0.25) is 4.98 Å². The molecule has 0 aromatic carbocycles. The summed E-state index contributed by atoms with van der Waals surface area (Å²) in [6.07, 6.45) is 1.86. The van der Waals surface area contributed by atoms with Crippen molar-refractivity contribution in [1.82, 2.24) is 10.3 Å². The molecule has 0 amide bonds. The summed E-state index contributed by atoms with van der Waals surface area (Å²) in [7, 11) is 0. The van der Waals surface area contributed by atoms with Gasteiger partial charge in [0.05, 0.1) is 11.1 Å². The Balaban J connectivity index is 2.03. The summed E-state index contributed by atoms with van der Waals surface area (Å²) in [6, 6.07) is 6.09. The number of hydrogen-bond donors (Lipinski definition) is 1. The van der Waals surface area contributed by atoms with E-state index in [0.29, 0.717) is 5.37 Å². The van der Waals surface area contributed by atoms with Crippen LogP contribution in [0.5, 0.6) is 0 Å². The number of rotatable bonds is 1. The van der Waals surface area contributed by atoms with Crippen LogP contribution in [0.1, 0.15) is 18.0 Å². The molecule has 0 bridgehead atoms. The molecule has 70 valence electrons. The van der Waals surface area contributed by atoms with Gasteiger partial charge in [-0.05, 0) is 30.3 Å². The lowest BCUT2D eigenvalue weighted by molar-refractivity contribution is 0.525. The number of nitrogens with zero attached hydrogens (tertiary/aromatic N) is 1. The van der Waals surface area contributed by atoms with Crippen LogP contribution in [0, 0.1) is 5.92 Å². The Morgan fingerprint density at radius 1 is 1.54 bits per heavy atom. The van der Waals surface area contributed by atoms with Crippen molar-refractivity contribution in [2.24, 2.45) is 5.92 Å². The van der Waals surface area contributed by atoms with E-state index in [1.807, 2.05) is 30.1 Å². The van der Waals surface area contributed by atoms with Crippen LogP contribution >= 0.6 is 11.8 Å². The van der Waals surface area contributed by atoms with Crippen molar-refractivity contribution in [2.75, 3.05) is 12.3 Å². The molecular formula is C10H14N2S. The second kappa shape index (κ2) is 4.11. The van der Waals surface area contributed by atoms with Crippen molar-refractivity contribution in [3.8, 4) is 0 Å². The molecule has 0 radical (unpaired) electrons. The normalized spacial score (nSPS) is 28.7. The average molecular weight is 194 g/mol. The number of nitrogens with one attached hydrogen (secondary N) is 1. The molecule has 1 aromatic rings. The third-order valence-corrected chi connectivity index (χ3v) is 3.66. The molecular weight excluding hydrogens is 180 g/mol. The maximum absolute atomic E-state index is 4.34. The molecule has 1 N–H and O–H groups in total. The van der Waals surface area contributed by atoms with Crippen LogP contribution in [-0.2, 0) is 0 Å². The van der Waals surface area contributed by atoms with Crippen LogP contribution in [0.2, 0.25) is 0 Å². The van der Waals surface area contributed by atoms with Crippen molar-refractivity contribution >= 4 is 11.8 Å². The minimum absolute atomic E-state index is 0.400. The molecule has 13 heavy (non-hydrogen) atoms. The molecule has 1 aromatic heterocycles. The number of aromatic nitrogens is 1. The van der Waals surface area contributed by atoms with Crippen LogP contribution in [-0.4, -0.2) is 17.3 Å². The Hall–Kier alpha value is -0.540. The highest BCUT2D eigenvalue weighted by Crippen LogP contribution is 2.29. The van der Waals surface area contributed by atoms with E-state index in [2.05, 4.69) is 23.3 Å². The third kappa shape index (κ3) is 2.23. The van der Waals surface area contributed by atoms with Crippen molar-refractivity contribution in [1.29, 1.82) is 0 Å². The lowest BCUT2D eigenvalue weighted by Gasteiger charge is -2.26. The van der Waals surface area contributed by atoms with Crippen molar-refractivity contribution < 1.29 is 0 Å². The quantitative estimate of drug-likeness (QED) is 0.740. The van der Waals surface area contributed by atoms with Crippen LogP contribution in [0.3, 0.4) is 0 Å². The Labute approximate surface area is 83.1 Å². The summed E-state index contributed by atoms with van der Waals surface area (Å²) in [5, 5.41) is 3.89. The Kier molecular flexibility index (Phi) is 2.86. The van der Waals surface area contributed by atoms with Gasteiger partial charge < -0.3 is 5.32 Å². The van der Waals surface area contributed by atoms with Crippen LogP contribution in [0.15, 0.2) is 24.4 Å². The van der Waals surface area contributed by atoms with Crippen molar-refractivity contribution in [3.63, 3.8) is 0 Å². The van der Waals surface area contributed by atoms with Gasteiger partial charge in [0.1, 0.15) is 0 Å². The molecule has 2 rings (SSSR count). The lowest BCUT2D eigenvalue weighted by Crippen LogP contribution is -2.31. The predicted molar refractivity (Wildman–Crippen MR) is 56.6 cm³/mol. The summed E-state index contributed by atoms with van der Waals surface area (Å²) in [5.41, 5.74) is 1.15. The van der Waals surface area contributed by atoms with Gasteiger partial charge in [-0.1, -0.05) is 13.0 Å². The molecule has 1 aliphatic heterocycles. The topological polar surface area (TPSA) is 24.9 Å². The van der Waals surface area contributed by atoms with Gasteiger partial charge in [0.2, 0.25) is 0 Å². The summed E-state index contributed by atoms with van der Waals surface area (Å²) in [6.45, 7) is 3.38. The monoisotopic (exact) mass is 194 g/mol. The fourth-order valence-electron chi connectivity index (χ4n) is 1.41. The molecule has 2 heterocycles. The fourth-order valence-corrected chi connectivity index (χ4v) is 2.57. The molecule has 0 saturated carbocycles. The van der Waals surface area contributed by atoms with E-state index in [0.717, 1.165) is 18.2 Å². The summed E-state index contributed by atoms with van der Waals surface area (Å²) < 4.78 is 0. The first kappa shape index (κ1) is 9.03. The molecule has 3 heteroatoms. The van der Waals surface area contributed by atoms with Gasteiger partial charge in [0.25, 0.3) is 0 Å². The maximum atomic E-state index is 4.34. The van der Waals surface area contributed by atoms with Crippen LogP contribution in [0.25, 0.3) is 0 Å². The SMILES string of the molecule is CC1CNC(c2ccccn2)SC1. The van der Waals surface area contributed by atoms with Gasteiger partial charge in [0.15, 0.2) is 0 Å². The summed E-state index contributed by atoms with van der Waals surface area (Å²) >= 11 is 1.95. The first-order chi connectivity index (χ1) is 6.36. The molecule has 1 aliphatic rings. The summed E-state index contributed by atoms with van der Waals surface area (Å²) in [5.74, 6) is 2.01. The third-order valence-electron chi connectivity index (χ3n) is 2.16. The van der Waals surface area contributed by atoms with E-state index in [9.17, 15) is 0 Å². The van der Waals surface area contributed by atoms with E-state index in [4.69, 9.17) is 0 Å². The Bertz CT molecular complexity index is 255. The smallest absolute Gasteiger partial charge is 0.0962 e. The number of pyridine rings is 1. The van der Waals surface area contributed by atoms with E-state index < -0.39 is 0 Å². The molecule has 2 nitrogen and oxygen atoms in total. The highest BCUT2D eigenvalue weighted by atomic mass is 32.2. The van der Waals surface area contributed by atoms with Crippen LogP contribution < -0.4 is 5.32 Å². The second-order valence-electron chi connectivity index (χ2n) is 3.48. The molecule has 0 spiro atoms. The van der Waals surface area contributed by atoms with E-state index >= 15 is 0 Å². The van der Waals surface area contributed by atoms with E-state index in [1.54, 1.807) is 0 Å². The summed E-state index contributed by atoms with van der Waals surface area (Å²) in [4.78, 5) is 4.34. The molecule has 2 atom stereocenters. The highest BCUT2D eigenvalue weighted by molar-refractivity contribution is 7.99. The van der Waals surface area contributed by atoms with Crippen molar-refractivity contribution in [2.45, 2.75) is 12.3 Å². The second-order valence-corrected chi connectivity index (χ2v) is 4.62. The first-order valence-electron chi connectivity index (χ1n) is 4.62. The minimum atomic E-state index is 0.400. The average Bonchev–Trinajstić information content (AvgIpc) is 2.20. The van der Waals surface area contributed by atoms with Gasteiger partial charge in [-0.25, -0.2) is 0 Å². The Morgan fingerprint density at radius 3 is 3.08 bits per heavy atom. The van der Waals surface area contributed by atoms with Crippen molar-refractivity contribution in [3.05, 3.63) is 30.1 Å². The molecule has 1 fully saturated rings. The minimum Gasteiger partial charge on any atom is -0.300 e. The number of thioether (sulfide) groups is 1. The van der Waals surface area contributed by atoms with Gasteiger partial charge >= 0.3 is 0 Å². The number of hydrogen-bond acceptors (Lipinski definition) is 3. The highest BCUT2D eigenvalue weighted by Gasteiger charge is 2.19. The largest absolute Gasteiger partial charge is 0.300 e. The van der Waals surface area contributed by atoms with Gasteiger partial charge in [-0.15, -0.1) is 11.8 Å². The predicted octanol–water partition coefficient (Wildman–Crippen LogP) is 2.05. The van der Waals surface area contributed by atoms with Crippen LogP contribution in [0.4, 0.5) is 0 Å². The zero-order chi connectivity index (χ0) is 9.10. The fraction of sp³-hybridized carbons (Fsp3) is 0.500. The molecule has 2 unspecified atom stereocenters. The zero-order valence-electron chi connectivity index (χ0n) is 7.73. The Morgan fingerprint density at radius 2 is 2.46 bits per heavy atom. The van der Waals surface area contributed by atoms with Gasteiger partial charge in [-0.2, -0.15) is 0 Å². The zero-order valence-corrected chi connectivity index (χ0v) is 8.55. The molecule has 0 aliphatic carbocycles. The molecule has 1 saturated heterocycles. The van der Waals surface area contributed by atoms with E-state index in [-0.39, 0.29) is 0 Å². The van der Waals surface area contributed by atoms with E-state index in [1.165, 1.54) is 5.75 Å². The lowest BCUT2D eigenvalue weighted by atomic mass is 10.2. The first-order valence-corrected chi connectivity index (χ1v) is 5.67. The van der Waals surface area contributed by atoms with Gasteiger partial charge in [0, 0.05) is 6.20 Å². The standard InChI is InChI=1S/C10H14N2S/c1-8-6-12-10(13-7-8)9-4-2-3-5-11-9/h2-5,8,10,12H,6-7H2,1H3. The maximum Gasteiger partial charge on any atom is 0.0962 e.